The fraction of sp³-hybridized carbons (Fsp3) is 1.00. The van der Waals surface area contributed by atoms with E-state index in [2.05, 4.69) is 12.2 Å². The van der Waals surface area contributed by atoms with Crippen molar-refractivity contribution in [3.8, 4) is 0 Å². The van der Waals surface area contributed by atoms with Gasteiger partial charge in [-0.05, 0) is 31.7 Å². The quantitative estimate of drug-likeness (QED) is 0.628. The molecule has 1 aliphatic heterocycles. The SMILES string of the molecule is CCC1CCCNC(CN)C1. The molecule has 2 atom stereocenters. The molecular weight excluding hydrogens is 136 g/mol. The van der Waals surface area contributed by atoms with Crippen molar-refractivity contribution in [3.05, 3.63) is 0 Å². The fourth-order valence-electron chi connectivity index (χ4n) is 1.85. The molecule has 0 aromatic carbocycles. The number of nitrogens with two attached hydrogens (primary N) is 1. The van der Waals surface area contributed by atoms with E-state index in [0.717, 1.165) is 12.5 Å². The zero-order valence-corrected chi connectivity index (χ0v) is 7.47. The van der Waals surface area contributed by atoms with Crippen molar-refractivity contribution in [1.82, 2.24) is 5.32 Å². The lowest BCUT2D eigenvalue weighted by Gasteiger charge is -2.17. The Hall–Kier alpha value is -0.0800. The maximum absolute atomic E-state index is 5.63. The van der Waals surface area contributed by atoms with Crippen LogP contribution >= 0.6 is 0 Å². The van der Waals surface area contributed by atoms with Gasteiger partial charge in [-0.3, -0.25) is 0 Å². The van der Waals surface area contributed by atoms with Crippen LogP contribution in [0.3, 0.4) is 0 Å². The van der Waals surface area contributed by atoms with Crippen molar-refractivity contribution in [2.75, 3.05) is 13.1 Å². The molecule has 0 saturated carbocycles. The molecule has 1 heterocycles. The molecule has 0 spiro atoms. The molecular formula is C9H20N2. The number of hydrogen-bond donors (Lipinski definition) is 2. The first-order valence-corrected chi connectivity index (χ1v) is 4.80. The lowest BCUT2D eigenvalue weighted by Crippen LogP contribution is -2.36. The molecule has 11 heavy (non-hydrogen) atoms. The Morgan fingerprint density at radius 3 is 3.00 bits per heavy atom. The minimum absolute atomic E-state index is 0.586. The van der Waals surface area contributed by atoms with Gasteiger partial charge in [0.2, 0.25) is 0 Å². The maximum atomic E-state index is 5.63. The highest BCUT2D eigenvalue weighted by Crippen LogP contribution is 2.19. The monoisotopic (exact) mass is 156 g/mol. The molecule has 0 radical (unpaired) electrons. The summed E-state index contributed by atoms with van der Waals surface area (Å²) >= 11 is 0. The lowest BCUT2D eigenvalue weighted by molar-refractivity contribution is 0.406. The van der Waals surface area contributed by atoms with E-state index in [1.165, 1.54) is 32.2 Å². The second-order valence-electron chi connectivity index (χ2n) is 3.54. The summed E-state index contributed by atoms with van der Waals surface area (Å²) in [6.07, 6.45) is 5.32. The van der Waals surface area contributed by atoms with Gasteiger partial charge in [-0.25, -0.2) is 0 Å². The van der Waals surface area contributed by atoms with Gasteiger partial charge in [0.25, 0.3) is 0 Å². The topological polar surface area (TPSA) is 38.0 Å². The summed E-state index contributed by atoms with van der Waals surface area (Å²) in [5, 5.41) is 3.47. The Labute approximate surface area is 69.5 Å². The zero-order chi connectivity index (χ0) is 8.10. The van der Waals surface area contributed by atoms with E-state index in [4.69, 9.17) is 5.73 Å². The van der Waals surface area contributed by atoms with Gasteiger partial charge in [-0.2, -0.15) is 0 Å². The maximum Gasteiger partial charge on any atom is 0.0192 e. The standard InChI is InChI=1S/C9H20N2/c1-2-8-4-3-5-11-9(6-8)7-10/h8-9,11H,2-7,10H2,1H3. The predicted molar refractivity (Wildman–Crippen MR) is 48.5 cm³/mol. The van der Waals surface area contributed by atoms with E-state index in [-0.39, 0.29) is 0 Å². The highest BCUT2D eigenvalue weighted by atomic mass is 14.9. The Kier molecular flexibility index (Phi) is 3.87. The molecule has 1 rings (SSSR count). The molecule has 0 bridgehead atoms. The van der Waals surface area contributed by atoms with E-state index >= 15 is 0 Å². The van der Waals surface area contributed by atoms with Gasteiger partial charge in [0.15, 0.2) is 0 Å². The third-order valence-electron chi connectivity index (χ3n) is 2.70. The number of nitrogens with one attached hydrogen (secondary N) is 1. The largest absolute Gasteiger partial charge is 0.329 e. The van der Waals surface area contributed by atoms with Crippen LogP contribution in [0.5, 0.6) is 0 Å². The number of hydrogen-bond acceptors (Lipinski definition) is 2. The average Bonchev–Trinajstić information content (AvgIpc) is 2.28. The third kappa shape index (κ3) is 2.80. The molecule has 0 aromatic rings. The van der Waals surface area contributed by atoms with Crippen LogP contribution in [-0.4, -0.2) is 19.1 Å². The Morgan fingerprint density at radius 2 is 2.36 bits per heavy atom. The molecule has 3 N–H and O–H groups in total. The first-order chi connectivity index (χ1) is 5.36. The number of rotatable bonds is 2. The molecule has 2 nitrogen and oxygen atoms in total. The molecule has 0 amide bonds. The van der Waals surface area contributed by atoms with Gasteiger partial charge in [0.05, 0.1) is 0 Å². The van der Waals surface area contributed by atoms with Gasteiger partial charge in [0.1, 0.15) is 0 Å². The highest BCUT2D eigenvalue weighted by molar-refractivity contribution is 4.75. The van der Waals surface area contributed by atoms with Crippen molar-refractivity contribution in [2.24, 2.45) is 11.7 Å². The van der Waals surface area contributed by atoms with Gasteiger partial charge in [0, 0.05) is 12.6 Å². The van der Waals surface area contributed by atoms with Crippen LogP contribution in [0, 0.1) is 5.92 Å². The van der Waals surface area contributed by atoms with Crippen LogP contribution in [0.1, 0.15) is 32.6 Å². The van der Waals surface area contributed by atoms with Gasteiger partial charge >= 0.3 is 0 Å². The van der Waals surface area contributed by atoms with Crippen LogP contribution in [0.25, 0.3) is 0 Å². The Morgan fingerprint density at radius 1 is 1.55 bits per heavy atom. The third-order valence-corrected chi connectivity index (χ3v) is 2.70. The predicted octanol–water partition coefficient (Wildman–Crippen LogP) is 1.11. The van der Waals surface area contributed by atoms with Gasteiger partial charge < -0.3 is 11.1 Å². The second-order valence-corrected chi connectivity index (χ2v) is 3.54. The molecule has 0 aliphatic carbocycles. The molecule has 0 aromatic heterocycles. The normalized spacial score (nSPS) is 33.3. The van der Waals surface area contributed by atoms with Gasteiger partial charge in [-0.1, -0.05) is 13.3 Å². The summed E-state index contributed by atoms with van der Waals surface area (Å²) in [7, 11) is 0. The van der Waals surface area contributed by atoms with E-state index in [1.54, 1.807) is 0 Å². The van der Waals surface area contributed by atoms with E-state index < -0.39 is 0 Å². The van der Waals surface area contributed by atoms with Gasteiger partial charge in [-0.15, -0.1) is 0 Å². The van der Waals surface area contributed by atoms with Crippen molar-refractivity contribution in [1.29, 1.82) is 0 Å². The summed E-state index contributed by atoms with van der Waals surface area (Å²) in [5.74, 6) is 0.915. The Bertz CT molecular complexity index is 91.7. The first-order valence-electron chi connectivity index (χ1n) is 4.80. The molecule has 2 heteroatoms. The second kappa shape index (κ2) is 4.73. The fourth-order valence-corrected chi connectivity index (χ4v) is 1.85. The zero-order valence-electron chi connectivity index (χ0n) is 7.47. The average molecular weight is 156 g/mol. The van der Waals surface area contributed by atoms with Crippen molar-refractivity contribution in [3.63, 3.8) is 0 Å². The van der Waals surface area contributed by atoms with E-state index in [0.29, 0.717) is 6.04 Å². The molecule has 1 aliphatic rings. The molecule has 66 valence electrons. The molecule has 2 unspecified atom stereocenters. The van der Waals surface area contributed by atoms with E-state index in [1.807, 2.05) is 0 Å². The van der Waals surface area contributed by atoms with Crippen LogP contribution in [0.2, 0.25) is 0 Å². The van der Waals surface area contributed by atoms with Crippen LogP contribution in [-0.2, 0) is 0 Å². The van der Waals surface area contributed by atoms with Crippen LogP contribution in [0.4, 0.5) is 0 Å². The summed E-state index contributed by atoms with van der Waals surface area (Å²) in [4.78, 5) is 0. The van der Waals surface area contributed by atoms with Crippen LogP contribution < -0.4 is 11.1 Å². The van der Waals surface area contributed by atoms with Crippen LogP contribution in [0.15, 0.2) is 0 Å². The van der Waals surface area contributed by atoms with Crippen molar-refractivity contribution >= 4 is 0 Å². The summed E-state index contributed by atoms with van der Waals surface area (Å²) in [5.41, 5.74) is 5.63. The van der Waals surface area contributed by atoms with Crippen molar-refractivity contribution < 1.29 is 0 Å². The molecule has 1 saturated heterocycles. The summed E-state index contributed by atoms with van der Waals surface area (Å²) in [6, 6.07) is 0.586. The van der Waals surface area contributed by atoms with E-state index in [9.17, 15) is 0 Å². The van der Waals surface area contributed by atoms with Crippen molar-refractivity contribution in [2.45, 2.75) is 38.6 Å². The minimum atomic E-state index is 0.586. The summed E-state index contributed by atoms with van der Waals surface area (Å²) < 4.78 is 0. The first kappa shape index (κ1) is 9.01. The lowest BCUT2D eigenvalue weighted by atomic mass is 9.95. The highest BCUT2D eigenvalue weighted by Gasteiger charge is 2.16. The summed E-state index contributed by atoms with van der Waals surface area (Å²) in [6.45, 7) is 4.25. The Balaban J connectivity index is 2.33. The molecule has 1 fully saturated rings. The smallest absolute Gasteiger partial charge is 0.0192 e. The minimum Gasteiger partial charge on any atom is -0.329 e.